The normalized spacial score (nSPS) is 22.4. The zero-order valence-corrected chi connectivity index (χ0v) is 17.5. The number of carbonyl (C=O) groups excluding carboxylic acids is 1. The van der Waals surface area contributed by atoms with Crippen LogP contribution in [0.15, 0.2) is 42.5 Å². The zero-order valence-electron chi connectivity index (χ0n) is 17.5. The Hall–Kier alpha value is -2.55. The molecular weight excluding hydrogens is 406 g/mol. The van der Waals surface area contributed by atoms with Crippen molar-refractivity contribution >= 4 is 5.91 Å². The molecule has 1 amide bonds. The quantitative estimate of drug-likeness (QED) is 0.743. The van der Waals surface area contributed by atoms with Gasteiger partial charge < -0.3 is 19.1 Å². The number of halogens is 2. The second-order valence-electron chi connectivity index (χ2n) is 7.84. The average Bonchev–Trinajstić information content (AvgIpc) is 2.97. The van der Waals surface area contributed by atoms with Gasteiger partial charge in [0.25, 0.3) is 5.91 Å². The molecule has 2 aromatic carbocycles. The number of ether oxygens (including phenoxy) is 3. The number of nitrogens with zero attached hydrogens (tertiary/aromatic N) is 2. The van der Waals surface area contributed by atoms with Crippen molar-refractivity contribution in [3.63, 3.8) is 0 Å². The highest BCUT2D eigenvalue weighted by Gasteiger charge is 2.42. The molecule has 0 aromatic heterocycles. The summed E-state index contributed by atoms with van der Waals surface area (Å²) in [6.07, 6.45) is 0.831. The van der Waals surface area contributed by atoms with Gasteiger partial charge in [0.1, 0.15) is 5.75 Å². The Bertz CT molecular complexity index is 942. The van der Waals surface area contributed by atoms with Gasteiger partial charge >= 0.3 is 0 Å². The van der Waals surface area contributed by atoms with E-state index in [1.54, 1.807) is 12.0 Å². The molecule has 1 spiro atoms. The number of amides is 1. The lowest BCUT2D eigenvalue weighted by Gasteiger charge is -2.43. The molecule has 2 aliphatic heterocycles. The van der Waals surface area contributed by atoms with E-state index in [0.29, 0.717) is 32.8 Å². The van der Waals surface area contributed by atoms with Crippen LogP contribution in [0.5, 0.6) is 5.75 Å². The monoisotopic (exact) mass is 432 g/mol. The van der Waals surface area contributed by atoms with Gasteiger partial charge in [-0.25, -0.2) is 8.78 Å². The summed E-state index contributed by atoms with van der Waals surface area (Å²) in [6, 6.07) is 11.1. The first-order valence-corrected chi connectivity index (χ1v) is 10.4. The van der Waals surface area contributed by atoms with Gasteiger partial charge in [-0.3, -0.25) is 9.69 Å². The number of rotatable bonds is 4. The summed E-state index contributed by atoms with van der Waals surface area (Å²) in [4.78, 5) is 16.7. The van der Waals surface area contributed by atoms with Crippen LogP contribution in [0.3, 0.4) is 0 Å². The van der Waals surface area contributed by atoms with Crippen LogP contribution in [-0.2, 0) is 16.0 Å². The van der Waals surface area contributed by atoms with Gasteiger partial charge in [-0.1, -0.05) is 18.2 Å². The van der Waals surface area contributed by atoms with E-state index in [4.69, 9.17) is 14.2 Å². The van der Waals surface area contributed by atoms with E-state index in [0.717, 1.165) is 36.4 Å². The lowest BCUT2D eigenvalue weighted by atomic mass is 10.1. The second-order valence-corrected chi connectivity index (χ2v) is 7.84. The van der Waals surface area contributed by atoms with Crippen LogP contribution in [0.1, 0.15) is 22.3 Å². The number of para-hydroxylation sites is 1. The summed E-state index contributed by atoms with van der Waals surface area (Å²) in [5.74, 6) is -2.53. The fraction of sp³-hybridized carbons (Fsp3) is 0.435. The Balaban J connectivity index is 1.50. The molecule has 0 radical (unpaired) electrons. The Labute approximate surface area is 180 Å². The molecule has 2 heterocycles. The molecule has 4 rings (SSSR count). The van der Waals surface area contributed by atoms with Crippen LogP contribution >= 0.6 is 0 Å². The molecule has 1 atom stereocenters. The van der Waals surface area contributed by atoms with E-state index in [1.165, 1.54) is 6.07 Å². The fourth-order valence-electron chi connectivity index (χ4n) is 4.15. The summed E-state index contributed by atoms with van der Waals surface area (Å²) in [7, 11) is 1.65. The van der Waals surface area contributed by atoms with Crippen LogP contribution in [0.2, 0.25) is 0 Å². The number of morpholine rings is 1. The molecule has 2 saturated heterocycles. The third kappa shape index (κ3) is 4.87. The number of hydrogen-bond acceptors (Lipinski definition) is 5. The van der Waals surface area contributed by atoms with Gasteiger partial charge in [0.15, 0.2) is 17.4 Å². The maximum Gasteiger partial charge on any atom is 0.254 e. The predicted molar refractivity (Wildman–Crippen MR) is 110 cm³/mol. The van der Waals surface area contributed by atoms with Gasteiger partial charge in [-0.15, -0.1) is 0 Å². The molecule has 0 aliphatic carbocycles. The van der Waals surface area contributed by atoms with E-state index < -0.39 is 17.4 Å². The first kappa shape index (κ1) is 21.7. The smallest absolute Gasteiger partial charge is 0.254 e. The largest absolute Gasteiger partial charge is 0.496 e. The van der Waals surface area contributed by atoms with Crippen molar-refractivity contribution in [2.75, 3.05) is 46.5 Å². The third-order valence-corrected chi connectivity index (χ3v) is 5.65. The van der Waals surface area contributed by atoms with Crippen molar-refractivity contribution in [3.8, 4) is 5.75 Å². The van der Waals surface area contributed by atoms with Crippen molar-refractivity contribution in [1.29, 1.82) is 0 Å². The van der Waals surface area contributed by atoms with Crippen LogP contribution < -0.4 is 4.74 Å². The summed E-state index contributed by atoms with van der Waals surface area (Å²) in [5.41, 5.74) is 1.17. The van der Waals surface area contributed by atoms with Crippen molar-refractivity contribution < 1.29 is 27.8 Å². The maximum absolute atomic E-state index is 13.6. The van der Waals surface area contributed by atoms with Gasteiger partial charge in [0.05, 0.1) is 33.4 Å². The molecular formula is C23H26F2N2O4. The van der Waals surface area contributed by atoms with E-state index in [9.17, 15) is 13.6 Å². The fourth-order valence-corrected chi connectivity index (χ4v) is 4.15. The van der Waals surface area contributed by atoms with Crippen molar-refractivity contribution in [2.24, 2.45) is 0 Å². The minimum Gasteiger partial charge on any atom is -0.496 e. The molecule has 1 unspecified atom stereocenters. The van der Waals surface area contributed by atoms with Crippen LogP contribution in [-0.4, -0.2) is 68.0 Å². The third-order valence-electron chi connectivity index (χ3n) is 5.65. The molecule has 2 aliphatic rings. The highest BCUT2D eigenvalue weighted by Crippen LogP contribution is 2.28. The lowest BCUT2D eigenvalue weighted by Crippen LogP contribution is -2.59. The molecule has 0 bridgehead atoms. The number of carbonyl (C=O) groups is 1. The van der Waals surface area contributed by atoms with Gasteiger partial charge in [-0.2, -0.15) is 0 Å². The molecule has 2 aromatic rings. The Morgan fingerprint density at radius 3 is 2.68 bits per heavy atom. The Morgan fingerprint density at radius 2 is 1.87 bits per heavy atom. The topological polar surface area (TPSA) is 51.2 Å². The number of hydrogen-bond donors (Lipinski definition) is 0. The summed E-state index contributed by atoms with van der Waals surface area (Å²) in [5, 5.41) is 0. The van der Waals surface area contributed by atoms with E-state index in [1.807, 2.05) is 24.3 Å². The molecule has 6 nitrogen and oxygen atoms in total. The highest BCUT2D eigenvalue weighted by atomic mass is 19.2. The summed E-state index contributed by atoms with van der Waals surface area (Å²) in [6.45, 7) is 3.35. The SMILES string of the molecule is COc1ccccc1CN1CCCOC2(C1)CN(C(=O)c1ccc(F)c(F)c1)CCO2. The first-order valence-electron chi connectivity index (χ1n) is 10.4. The van der Waals surface area contributed by atoms with Crippen molar-refractivity contribution in [3.05, 3.63) is 65.2 Å². The summed E-state index contributed by atoms with van der Waals surface area (Å²) < 4.78 is 44.5. The highest BCUT2D eigenvalue weighted by molar-refractivity contribution is 5.94. The van der Waals surface area contributed by atoms with Crippen LogP contribution in [0.25, 0.3) is 0 Å². The molecule has 2 fully saturated rings. The lowest BCUT2D eigenvalue weighted by molar-refractivity contribution is -0.261. The molecule has 31 heavy (non-hydrogen) atoms. The van der Waals surface area contributed by atoms with E-state index in [2.05, 4.69) is 4.90 Å². The van der Waals surface area contributed by atoms with Gasteiger partial charge in [0, 0.05) is 30.8 Å². The van der Waals surface area contributed by atoms with E-state index >= 15 is 0 Å². The van der Waals surface area contributed by atoms with Crippen molar-refractivity contribution in [2.45, 2.75) is 18.8 Å². The average molecular weight is 432 g/mol. The van der Waals surface area contributed by atoms with Gasteiger partial charge in [-0.05, 0) is 30.7 Å². The molecule has 0 saturated carbocycles. The van der Waals surface area contributed by atoms with Crippen LogP contribution in [0.4, 0.5) is 8.78 Å². The second kappa shape index (κ2) is 9.30. The summed E-state index contributed by atoms with van der Waals surface area (Å²) >= 11 is 0. The number of benzene rings is 2. The standard InChI is InChI=1S/C23H26F2N2O4/c1-29-21-6-3-2-5-18(21)14-26-9-4-11-30-23(15-26)16-27(10-12-31-23)22(28)17-7-8-19(24)20(25)13-17/h2-3,5-8,13H,4,9-12,14-16H2,1H3. The molecule has 166 valence electrons. The van der Waals surface area contributed by atoms with Gasteiger partial charge in [0.2, 0.25) is 0 Å². The Kier molecular flexibility index (Phi) is 6.50. The molecule has 0 N–H and O–H groups in total. The number of methoxy groups -OCH3 is 1. The van der Waals surface area contributed by atoms with E-state index in [-0.39, 0.29) is 18.0 Å². The molecule has 8 heteroatoms. The predicted octanol–water partition coefficient (Wildman–Crippen LogP) is 3.06. The minimum absolute atomic E-state index is 0.107. The minimum atomic E-state index is -1.04. The maximum atomic E-state index is 13.6. The van der Waals surface area contributed by atoms with Crippen molar-refractivity contribution in [1.82, 2.24) is 9.80 Å². The first-order chi connectivity index (χ1) is 15.0. The van der Waals surface area contributed by atoms with Crippen LogP contribution in [0, 0.1) is 11.6 Å². The Morgan fingerprint density at radius 1 is 1.06 bits per heavy atom. The zero-order chi connectivity index (χ0) is 21.8.